The van der Waals surface area contributed by atoms with Crippen molar-refractivity contribution in [3.63, 3.8) is 0 Å². The van der Waals surface area contributed by atoms with Crippen LogP contribution in [0.15, 0.2) is 67.0 Å². The molecule has 0 aliphatic heterocycles. The van der Waals surface area contributed by atoms with Crippen LogP contribution in [0, 0.1) is 0 Å². The molecule has 0 saturated carbocycles. The fraction of sp³-hybridized carbons (Fsp3) is 0.136. The first-order valence-electron chi connectivity index (χ1n) is 9.07. The number of methoxy groups -OCH3 is 2. The lowest BCUT2D eigenvalue weighted by Gasteiger charge is -2.13. The van der Waals surface area contributed by atoms with Crippen molar-refractivity contribution in [2.45, 2.75) is 6.54 Å². The zero-order valence-corrected chi connectivity index (χ0v) is 16.1. The van der Waals surface area contributed by atoms with Gasteiger partial charge in [0.05, 0.1) is 30.9 Å². The van der Waals surface area contributed by atoms with Crippen LogP contribution in [0.3, 0.4) is 0 Å². The number of fused-ring (bicyclic) bond motifs is 1. The molecule has 146 valence electrons. The second-order valence-corrected chi connectivity index (χ2v) is 6.37. The molecule has 0 aliphatic carbocycles. The standard InChI is InChI=1S/C22H20N4O3/c1-28-16-9-10-20(29-2)18(12-16)24-21(27)14-26-19-8-4-3-7-17(19)25-22(26)15-6-5-11-23-13-15/h3-13H,14H2,1-2H3,(H,24,27). The Morgan fingerprint density at radius 3 is 2.69 bits per heavy atom. The molecule has 0 spiro atoms. The molecule has 0 atom stereocenters. The second-order valence-electron chi connectivity index (χ2n) is 6.37. The Morgan fingerprint density at radius 1 is 1.07 bits per heavy atom. The third kappa shape index (κ3) is 3.75. The van der Waals surface area contributed by atoms with E-state index in [4.69, 9.17) is 14.5 Å². The van der Waals surface area contributed by atoms with Crippen molar-refractivity contribution in [3.8, 4) is 22.9 Å². The van der Waals surface area contributed by atoms with E-state index in [1.807, 2.05) is 41.0 Å². The molecule has 7 heteroatoms. The first kappa shape index (κ1) is 18.5. The summed E-state index contributed by atoms with van der Waals surface area (Å²) in [7, 11) is 3.13. The number of carbonyl (C=O) groups is 1. The van der Waals surface area contributed by atoms with Gasteiger partial charge in [-0.3, -0.25) is 9.78 Å². The van der Waals surface area contributed by atoms with Gasteiger partial charge in [0.2, 0.25) is 5.91 Å². The fourth-order valence-corrected chi connectivity index (χ4v) is 3.20. The minimum absolute atomic E-state index is 0.0884. The highest BCUT2D eigenvalue weighted by atomic mass is 16.5. The van der Waals surface area contributed by atoms with Gasteiger partial charge in [0.15, 0.2) is 0 Å². The molecule has 0 unspecified atom stereocenters. The summed E-state index contributed by atoms with van der Waals surface area (Å²) in [6.07, 6.45) is 3.44. The average molecular weight is 388 g/mol. The maximum atomic E-state index is 12.9. The van der Waals surface area contributed by atoms with Gasteiger partial charge in [-0.15, -0.1) is 0 Å². The number of ether oxygens (including phenoxy) is 2. The number of rotatable bonds is 6. The Hall–Kier alpha value is -3.87. The van der Waals surface area contributed by atoms with Gasteiger partial charge in [0.1, 0.15) is 23.9 Å². The topological polar surface area (TPSA) is 78.3 Å². The van der Waals surface area contributed by atoms with E-state index in [9.17, 15) is 4.79 Å². The lowest BCUT2D eigenvalue weighted by atomic mass is 10.2. The van der Waals surface area contributed by atoms with Crippen LogP contribution in [0.1, 0.15) is 0 Å². The molecule has 4 aromatic rings. The maximum Gasteiger partial charge on any atom is 0.244 e. The smallest absolute Gasteiger partial charge is 0.244 e. The van der Waals surface area contributed by atoms with Crippen molar-refractivity contribution >= 4 is 22.6 Å². The lowest BCUT2D eigenvalue weighted by molar-refractivity contribution is -0.116. The van der Waals surface area contributed by atoms with Gasteiger partial charge >= 0.3 is 0 Å². The Bertz CT molecular complexity index is 1160. The molecule has 2 heterocycles. The van der Waals surface area contributed by atoms with E-state index in [-0.39, 0.29) is 12.5 Å². The molecule has 4 rings (SSSR count). The van der Waals surface area contributed by atoms with E-state index >= 15 is 0 Å². The lowest BCUT2D eigenvalue weighted by Crippen LogP contribution is -2.19. The average Bonchev–Trinajstić information content (AvgIpc) is 3.12. The van der Waals surface area contributed by atoms with Crippen molar-refractivity contribution in [1.82, 2.24) is 14.5 Å². The molecule has 0 saturated heterocycles. The number of pyridine rings is 1. The molecular weight excluding hydrogens is 368 g/mol. The van der Waals surface area contributed by atoms with Crippen molar-refractivity contribution in [2.24, 2.45) is 0 Å². The van der Waals surface area contributed by atoms with E-state index < -0.39 is 0 Å². The highest BCUT2D eigenvalue weighted by Gasteiger charge is 2.16. The van der Waals surface area contributed by atoms with Crippen LogP contribution >= 0.6 is 0 Å². The van der Waals surface area contributed by atoms with Gasteiger partial charge in [-0.1, -0.05) is 12.1 Å². The summed E-state index contributed by atoms with van der Waals surface area (Å²) in [5.41, 5.74) is 3.08. The summed E-state index contributed by atoms with van der Waals surface area (Å²) in [6, 6.07) is 16.7. The summed E-state index contributed by atoms with van der Waals surface area (Å²) >= 11 is 0. The SMILES string of the molecule is COc1ccc(OC)c(NC(=O)Cn2c(-c3cccnc3)nc3ccccc32)c1. The number of amides is 1. The van der Waals surface area contributed by atoms with E-state index in [1.165, 1.54) is 0 Å². The van der Waals surface area contributed by atoms with Crippen LogP contribution in [0.5, 0.6) is 11.5 Å². The van der Waals surface area contributed by atoms with E-state index in [2.05, 4.69) is 10.3 Å². The number of nitrogens with zero attached hydrogens (tertiary/aromatic N) is 3. The molecule has 29 heavy (non-hydrogen) atoms. The number of para-hydroxylation sites is 2. The summed E-state index contributed by atoms with van der Waals surface area (Å²) in [5.74, 6) is 1.67. The quantitative estimate of drug-likeness (QED) is 0.544. The predicted octanol–water partition coefficient (Wildman–Crippen LogP) is 3.75. The molecule has 2 aromatic heterocycles. The highest BCUT2D eigenvalue weighted by Crippen LogP contribution is 2.29. The second kappa shape index (κ2) is 8.02. The van der Waals surface area contributed by atoms with Gasteiger partial charge in [0.25, 0.3) is 0 Å². The Morgan fingerprint density at radius 2 is 1.93 bits per heavy atom. The zero-order chi connectivity index (χ0) is 20.2. The third-order valence-corrected chi connectivity index (χ3v) is 4.56. The van der Waals surface area contributed by atoms with Crippen LogP contribution in [0.4, 0.5) is 5.69 Å². The van der Waals surface area contributed by atoms with Gasteiger partial charge in [-0.2, -0.15) is 0 Å². The summed E-state index contributed by atoms with van der Waals surface area (Å²) in [4.78, 5) is 21.8. The number of anilines is 1. The number of benzene rings is 2. The zero-order valence-electron chi connectivity index (χ0n) is 16.1. The van der Waals surface area contributed by atoms with E-state index in [0.717, 1.165) is 16.6 Å². The van der Waals surface area contributed by atoms with Crippen LogP contribution in [-0.2, 0) is 11.3 Å². The Kier molecular flexibility index (Phi) is 5.11. The van der Waals surface area contributed by atoms with Crippen LogP contribution in [0.2, 0.25) is 0 Å². The van der Waals surface area contributed by atoms with Gasteiger partial charge in [-0.05, 0) is 36.4 Å². The van der Waals surface area contributed by atoms with Crippen molar-refractivity contribution in [1.29, 1.82) is 0 Å². The molecule has 0 fully saturated rings. The Labute approximate surface area is 167 Å². The molecule has 0 radical (unpaired) electrons. The van der Waals surface area contributed by atoms with Gasteiger partial charge in [-0.25, -0.2) is 4.98 Å². The first-order valence-corrected chi connectivity index (χ1v) is 9.07. The maximum absolute atomic E-state index is 12.9. The third-order valence-electron chi connectivity index (χ3n) is 4.56. The van der Waals surface area contributed by atoms with Crippen LogP contribution < -0.4 is 14.8 Å². The first-order chi connectivity index (χ1) is 14.2. The van der Waals surface area contributed by atoms with Crippen molar-refractivity contribution in [3.05, 3.63) is 67.0 Å². The fourth-order valence-electron chi connectivity index (χ4n) is 3.20. The normalized spacial score (nSPS) is 10.7. The molecule has 0 aliphatic rings. The van der Waals surface area contributed by atoms with E-state index in [1.54, 1.807) is 44.8 Å². The minimum atomic E-state index is -0.204. The number of hydrogen-bond acceptors (Lipinski definition) is 5. The largest absolute Gasteiger partial charge is 0.497 e. The number of imidazole rings is 1. The minimum Gasteiger partial charge on any atom is -0.497 e. The molecule has 1 amide bonds. The summed E-state index contributed by atoms with van der Waals surface area (Å²) in [6.45, 7) is 0.0884. The van der Waals surface area contributed by atoms with Gasteiger partial charge in [0, 0.05) is 24.0 Å². The number of carbonyl (C=O) groups excluding carboxylic acids is 1. The predicted molar refractivity (Wildman–Crippen MR) is 111 cm³/mol. The molecule has 1 N–H and O–H groups in total. The van der Waals surface area contributed by atoms with Gasteiger partial charge < -0.3 is 19.4 Å². The Balaban J connectivity index is 1.68. The summed E-state index contributed by atoms with van der Waals surface area (Å²) in [5, 5.41) is 2.91. The molecule has 0 bridgehead atoms. The van der Waals surface area contributed by atoms with Crippen molar-refractivity contribution in [2.75, 3.05) is 19.5 Å². The molecule has 2 aromatic carbocycles. The number of nitrogens with one attached hydrogen (secondary N) is 1. The van der Waals surface area contributed by atoms with Crippen LogP contribution in [0.25, 0.3) is 22.4 Å². The number of aromatic nitrogens is 3. The summed E-state index contributed by atoms with van der Waals surface area (Å²) < 4.78 is 12.5. The highest BCUT2D eigenvalue weighted by molar-refractivity contribution is 5.94. The molecular formula is C22H20N4O3. The van der Waals surface area contributed by atoms with E-state index in [0.29, 0.717) is 23.0 Å². The molecule has 7 nitrogen and oxygen atoms in total. The number of hydrogen-bond donors (Lipinski definition) is 1. The monoisotopic (exact) mass is 388 g/mol. The van der Waals surface area contributed by atoms with Crippen LogP contribution in [-0.4, -0.2) is 34.7 Å². The van der Waals surface area contributed by atoms with Crippen molar-refractivity contribution < 1.29 is 14.3 Å².